The van der Waals surface area contributed by atoms with Crippen LogP contribution in [-0.4, -0.2) is 73.3 Å². The van der Waals surface area contributed by atoms with Crippen LogP contribution >= 0.6 is 20.2 Å². The zero-order valence-electron chi connectivity index (χ0n) is 16.0. The molecule has 0 unspecified atom stereocenters. The van der Waals surface area contributed by atoms with Crippen molar-refractivity contribution in [1.29, 1.82) is 0 Å². The highest BCUT2D eigenvalue weighted by Crippen LogP contribution is 2.35. The number of aliphatic carboxylic acids is 2. The Bertz CT molecular complexity index is 657. The van der Waals surface area contributed by atoms with Gasteiger partial charge < -0.3 is 36.4 Å². The van der Waals surface area contributed by atoms with E-state index in [1.54, 1.807) is 13.8 Å². The molecule has 0 spiro atoms. The number of carbonyl (C=O) groups excluding carboxylic acids is 2. The van der Waals surface area contributed by atoms with E-state index in [2.05, 4.69) is 23.3 Å². The van der Waals surface area contributed by atoms with Crippen LogP contribution in [-0.2, 0) is 23.7 Å². The molecule has 5 atom stereocenters. The van der Waals surface area contributed by atoms with E-state index in [-0.39, 0.29) is 6.42 Å². The monoisotopic (exact) mass is 457 g/mol. The summed E-state index contributed by atoms with van der Waals surface area (Å²) in [6.07, 6.45) is -1.14. The van der Waals surface area contributed by atoms with Crippen molar-refractivity contribution in [2.24, 2.45) is 11.7 Å². The summed E-state index contributed by atoms with van der Waals surface area (Å²) >= 11 is 4.04. The molecule has 0 heterocycles. The summed E-state index contributed by atoms with van der Waals surface area (Å²) in [5.74, 6) is -5.07. The van der Waals surface area contributed by atoms with Gasteiger partial charge in [-0.25, -0.2) is 4.79 Å². The molecule has 0 aromatic carbocycles. The lowest BCUT2D eigenvalue weighted by atomic mass is 9.97. The minimum absolute atomic E-state index is 0.189. The fourth-order valence-electron chi connectivity index (χ4n) is 2.25. The molecule has 8 N–H and O–H groups in total. The summed E-state index contributed by atoms with van der Waals surface area (Å²) in [4.78, 5) is 64.6. The number of hydrogen-bond donors (Lipinski definition) is 8. The van der Waals surface area contributed by atoms with Crippen LogP contribution in [0.2, 0.25) is 0 Å². The molecule has 0 saturated heterocycles. The number of hydrogen-bond acceptors (Lipinski definition) is 7. The second-order valence-electron chi connectivity index (χ2n) is 6.65. The Morgan fingerprint density at radius 3 is 2.07 bits per heavy atom. The molecule has 2 amide bonds. The normalized spacial score (nSPS) is 16.8. The van der Waals surface area contributed by atoms with Gasteiger partial charge in [-0.2, -0.15) is 12.6 Å². The van der Waals surface area contributed by atoms with Crippen LogP contribution in [0.5, 0.6) is 0 Å². The van der Waals surface area contributed by atoms with Gasteiger partial charge in [0.2, 0.25) is 11.8 Å². The van der Waals surface area contributed by atoms with Gasteiger partial charge in [-0.15, -0.1) is 0 Å². The quantitative estimate of drug-likeness (QED) is 0.121. The van der Waals surface area contributed by atoms with Gasteiger partial charge in [-0.3, -0.25) is 18.9 Å². The molecule has 0 rings (SSSR count). The summed E-state index contributed by atoms with van der Waals surface area (Å²) in [6.45, 7) is 3.35. The van der Waals surface area contributed by atoms with Gasteiger partial charge in [0.1, 0.15) is 12.1 Å². The summed E-state index contributed by atoms with van der Waals surface area (Å²) < 4.78 is 10.9. The Kier molecular flexibility index (Phi) is 11.4. The van der Waals surface area contributed by atoms with E-state index >= 15 is 0 Å². The number of amides is 2. The number of thiol groups is 1. The van der Waals surface area contributed by atoms with Crippen molar-refractivity contribution < 1.29 is 43.7 Å². The Morgan fingerprint density at radius 1 is 1.10 bits per heavy atom. The van der Waals surface area contributed by atoms with Gasteiger partial charge in [0.15, 0.2) is 0 Å². The van der Waals surface area contributed by atoms with Gasteiger partial charge in [0.25, 0.3) is 0 Å². The van der Waals surface area contributed by atoms with E-state index in [1.165, 1.54) is 0 Å². The third kappa shape index (κ3) is 10.6. The molecule has 0 aliphatic rings. The average molecular weight is 457 g/mol. The zero-order valence-corrected chi connectivity index (χ0v) is 17.8. The molecule has 0 fully saturated rings. The zero-order chi connectivity index (χ0) is 22.9. The predicted octanol–water partition coefficient (Wildman–Crippen LogP) is -1.25. The van der Waals surface area contributed by atoms with Crippen molar-refractivity contribution in [2.75, 3.05) is 6.16 Å². The number of carboxylic acid groups (broad SMARTS) is 2. The Balaban J connectivity index is 5.20. The maximum absolute atomic E-state index is 12.5. The van der Waals surface area contributed by atoms with Crippen LogP contribution in [0.3, 0.4) is 0 Å². The first-order chi connectivity index (χ1) is 13.2. The van der Waals surface area contributed by atoms with Crippen LogP contribution in [0.1, 0.15) is 33.1 Å². The predicted molar refractivity (Wildman–Crippen MR) is 105 cm³/mol. The van der Waals surface area contributed by atoms with E-state index in [9.17, 15) is 23.7 Å². The highest BCUT2D eigenvalue weighted by Gasteiger charge is 2.33. The molecule has 168 valence electrons. The molecule has 0 aromatic rings. The van der Waals surface area contributed by atoms with Gasteiger partial charge in [-0.05, 0) is 12.3 Å². The van der Waals surface area contributed by atoms with Crippen molar-refractivity contribution in [3.63, 3.8) is 0 Å². The van der Waals surface area contributed by atoms with Gasteiger partial charge >= 0.3 is 19.5 Å². The molecule has 0 radical (unpaired) electrons. The van der Waals surface area contributed by atoms with Crippen LogP contribution in [0.4, 0.5) is 0 Å². The van der Waals surface area contributed by atoms with Gasteiger partial charge in [0.05, 0.1) is 17.8 Å². The number of nitrogens with one attached hydrogen (secondary N) is 2. The summed E-state index contributed by atoms with van der Waals surface area (Å²) in [6, 6.07) is -3.88. The Labute approximate surface area is 173 Å². The van der Waals surface area contributed by atoms with Gasteiger partial charge in [0, 0.05) is 6.04 Å². The fraction of sp³-hybridized carbons (Fsp3) is 0.733. The van der Waals surface area contributed by atoms with Crippen molar-refractivity contribution in [1.82, 2.24) is 10.6 Å². The van der Waals surface area contributed by atoms with Crippen LogP contribution in [0, 0.1) is 5.92 Å². The third-order valence-electron chi connectivity index (χ3n) is 4.21. The lowest BCUT2D eigenvalue weighted by Gasteiger charge is -2.27. The van der Waals surface area contributed by atoms with E-state index in [4.69, 9.17) is 25.7 Å². The van der Waals surface area contributed by atoms with Crippen molar-refractivity contribution in [3.8, 4) is 0 Å². The third-order valence-corrected chi connectivity index (χ3v) is 5.67. The summed E-state index contributed by atoms with van der Waals surface area (Å²) in [5.41, 5.74) is 5.74. The minimum Gasteiger partial charge on any atom is -0.481 e. The molecule has 0 aromatic heterocycles. The summed E-state index contributed by atoms with van der Waals surface area (Å²) in [5, 5.41) is 21.1. The molecule has 29 heavy (non-hydrogen) atoms. The van der Waals surface area contributed by atoms with E-state index in [0.717, 1.165) is 0 Å². The number of carboxylic acids is 2. The minimum atomic E-state index is -4.30. The molecule has 12 nitrogen and oxygen atoms in total. The molecule has 0 saturated carbocycles. The first-order valence-corrected chi connectivity index (χ1v) is 11.0. The maximum atomic E-state index is 12.5. The average Bonchev–Trinajstić information content (AvgIpc) is 2.60. The second-order valence-corrected chi connectivity index (χ2v) is 8.99. The highest BCUT2D eigenvalue weighted by atomic mass is 32.1. The number of rotatable bonds is 13. The standard InChI is InChI=1S/C15H28N3O9PS/c1-3-7(2)11(13(21)17-9(15(23)24)6-10(19)20)18-14(22)12(29)8(16)4-5-28(25,26)27/h7-9,11-12,29H,3-6,16H2,1-2H3,(H,17,21)(H,18,22)(H,19,20)(H,23,24)(H2,25,26,27)/t7-,8+,9-,11-,12-/m0/s1. The van der Waals surface area contributed by atoms with Crippen molar-refractivity contribution in [2.45, 2.75) is 56.5 Å². The molecular weight excluding hydrogens is 429 g/mol. The number of nitrogens with two attached hydrogens (primary N) is 1. The summed E-state index contributed by atoms with van der Waals surface area (Å²) in [7, 11) is -4.30. The van der Waals surface area contributed by atoms with Gasteiger partial charge in [-0.1, -0.05) is 20.3 Å². The van der Waals surface area contributed by atoms with Crippen LogP contribution in [0.25, 0.3) is 0 Å². The first-order valence-electron chi connectivity index (χ1n) is 8.73. The van der Waals surface area contributed by atoms with E-state index < -0.39 is 73.2 Å². The van der Waals surface area contributed by atoms with Crippen molar-refractivity contribution in [3.05, 3.63) is 0 Å². The molecule has 0 aliphatic carbocycles. The Morgan fingerprint density at radius 2 is 1.66 bits per heavy atom. The first kappa shape index (κ1) is 27.3. The van der Waals surface area contributed by atoms with E-state index in [1.807, 2.05) is 0 Å². The topological polar surface area (TPSA) is 216 Å². The molecule has 0 bridgehead atoms. The lowest BCUT2D eigenvalue weighted by molar-refractivity contribution is -0.147. The lowest BCUT2D eigenvalue weighted by Crippen LogP contribution is -2.57. The second kappa shape index (κ2) is 12.1. The smallest absolute Gasteiger partial charge is 0.326 e. The van der Waals surface area contributed by atoms with Crippen molar-refractivity contribution >= 4 is 44.0 Å². The molecular formula is C15H28N3O9PS. The molecule has 0 aliphatic heterocycles. The van der Waals surface area contributed by atoms with Crippen LogP contribution in [0.15, 0.2) is 0 Å². The van der Waals surface area contributed by atoms with E-state index in [0.29, 0.717) is 6.42 Å². The Hall–Kier alpha value is -1.66. The SMILES string of the molecule is CC[C@H](C)[C@H](NC(=O)[C@@H](S)[C@H](N)CCP(=O)(O)O)C(=O)N[C@@H](CC(=O)O)C(=O)O. The molecule has 14 heteroatoms. The fourth-order valence-corrected chi connectivity index (χ4v) is 3.10. The van der Waals surface area contributed by atoms with Crippen LogP contribution < -0.4 is 16.4 Å². The maximum Gasteiger partial charge on any atom is 0.326 e. The highest BCUT2D eigenvalue weighted by molar-refractivity contribution is 7.81. The largest absolute Gasteiger partial charge is 0.481 e. The number of carbonyl (C=O) groups is 4.